The Kier molecular flexibility index (Phi) is 5.33. The molecule has 0 saturated heterocycles. The van der Waals surface area contributed by atoms with E-state index in [1.54, 1.807) is 12.1 Å². The van der Waals surface area contributed by atoms with Crippen LogP contribution in [0, 0.1) is 5.92 Å². The predicted octanol–water partition coefficient (Wildman–Crippen LogP) is 2.32. The molecule has 2 atom stereocenters. The third-order valence-electron chi connectivity index (χ3n) is 3.88. The zero-order valence-corrected chi connectivity index (χ0v) is 12.2. The van der Waals surface area contributed by atoms with Crippen LogP contribution in [0.4, 0.5) is 0 Å². The topological polar surface area (TPSA) is 75.6 Å². The molecule has 1 aliphatic rings. The summed E-state index contributed by atoms with van der Waals surface area (Å²) in [5.74, 6) is -0.900. The van der Waals surface area contributed by atoms with E-state index >= 15 is 0 Å². The minimum atomic E-state index is -1.03. The smallest absolute Gasteiger partial charge is 0.335 e. The Morgan fingerprint density at radius 3 is 2.81 bits per heavy atom. The highest BCUT2D eigenvalue weighted by Gasteiger charge is 2.28. The van der Waals surface area contributed by atoms with Crippen LogP contribution < -0.4 is 5.32 Å². The molecular formula is C16H21NO4. The van der Waals surface area contributed by atoms with E-state index < -0.39 is 5.97 Å². The van der Waals surface area contributed by atoms with Gasteiger partial charge in [0.25, 0.3) is 5.91 Å². The summed E-state index contributed by atoms with van der Waals surface area (Å²) < 4.78 is 5.46. The number of carbonyl (C=O) groups excluding carboxylic acids is 1. The molecule has 2 rings (SSSR count). The molecule has 2 unspecified atom stereocenters. The summed E-state index contributed by atoms with van der Waals surface area (Å²) in [4.78, 5) is 23.2. The number of carboxylic acid groups (broad SMARTS) is 1. The zero-order valence-electron chi connectivity index (χ0n) is 12.2. The highest BCUT2D eigenvalue weighted by atomic mass is 16.5. The standard InChI is InChI=1S/C16H21NO4/c1-2-21-10-13-7-4-8-14(13)17-15(18)11-5-3-6-12(9-11)16(19)20/h3,5-6,9,13-14H,2,4,7-8,10H2,1H3,(H,17,18)(H,19,20). The van der Waals surface area contributed by atoms with Gasteiger partial charge in [-0.05, 0) is 38.0 Å². The number of aromatic carboxylic acids is 1. The number of carboxylic acids is 1. The summed E-state index contributed by atoms with van der Waals surface area (Å²) in [6, 6.07) is 6.22. The number of amides is 1. The quantitative estimate of drug-likeness (QED) is 0.843. The number of hydrogen-bond donors (Lipinski definition) is 2. The van der Waals surface area contributed by atoms with Crippen molar-refractivity contribution < 1.29 is 19.4 Å². The fourth-order valence-electron chi connectivity index (χ4n) is 2.74. The van der Waals surface area contributed by atoms with Crippen molar-refractivity contribution in [2.75, 3.05) is 13.2 Å². The second kappa shape index (κ2) is 7.22. The minimum absolute atomic E-state index is 0.109. The maximum absolute atomic E-state index is 12.2. The van der Waals surface area contributed by atoms with Gasteiger partial charge in [0.1, 0.15) is 0 Å². The number of nitrogens with one attached hydrogen (secondary N) is 1. The van der Waals surface area contributed by atoms with Crippen LogP contribution >= 0.6 is 0 Å². The van der Waals surface area contributed by atoms with Gasteiger partial charge in [-0.3, -0.25) is 4.79 Å². The monoisotopic (exact) mass is 291 g/mol. The molecule has 1 aliphatic carbocycles. The van der Waals surface area contributed by atoms with E-state index in [0.29, 0.717) is 24.7 Å². The van der Waals surface area contributed by atoms with E-state index in [2.05, 4.69) is 5.32 Å². The van der Waals surface area contributed by atoms with Gasteiger partial charge < -0.3 is 15.2 Å². The SMILES string of the molecule is CCOCC1CCCC1NC(=O)c1cccc(C(=O)O)c1. The van der Waals surface area contributed by atoms with E-state index in [1.165, 1.54) is 12.1 Å². The average Bonchev–Trinajstić information content (AvgIpc) is 2.92. The van der Waals surface area contributed by atoms with Crippen LogP contribution in [-0.2, 0) is 4.74 Å². The fourth-order valence-corrected chi connectivity index (χ4v) is 2.74. The molecule has 21 heavy (non-hydrogen) atoms. The van der Waals surface area contributed by atoms with Crippen molar-refractivity contribution in [2.45, 2.75) is 32.2 Å². The normalized spacial score (nSPS) is 21.2. The summed E-state index contributed by atoms with van der Waals surface area (Å²) >= 11 is 0. The number of hydrogen-bond acceptors (Lipinski definition) is 3. The lowest BCUT2D eigenvalue weighted by Crippen LogP contribution is -2.39. The summed E-state index contributed by atoms with van der Waals surface area (Å²) in [7, 11) is 0. The van der Waals surface area contributed by atoms with Crippen molar-refractivity contribution in [3.05, 3.63) is 35.4 Å². The largest absolute Gasteiger partial charge is 0.478 e. The molecule has 5 heteroatoms. The summed E-state index contributed by atoms with van der Waals surface area (Å²) in [5, 5.41) is 12.0. The summed E-state index contributed by atoms with van der Waals surface area (Å²) in [6.07, 6.45) is 3.08. The first-order valence-corrected chi connectivity index (χ1v) is 7.33. The van der Waals surface area contributed by atoms with Crippen LogP contribution in [-0.4, -0.2) is 36.2 Å². The molecule has 114 valence electrons. The van der Waals surface area contributed by atoms with E-state index in [9.17, 15) is 9.59 Å². The van der Waals surface area contributed by atoms with Crippen LogP contribution in [0.1, 0.15) is 46.9 Å². The Morgan fingerprint density at radius 2 is 2.10 bits per heavy atom. The highest BCUT2D eigenvalue weighted by molar-refractivity contribution is 5.97. The minimum Gasteiger partial charge on any atom is -0.478 e. The Labute approximate surface area is 124 Å². The second-order valence-corrected chi connectivity index (χ2v) is 5.32. The number of rotatable bonds is 6. The van der Waals surface area contributed by atoms with E-state index in [1.807, 2.05) is 6.92 Å². The van der Waals surface area contributed by atoms with Gasteiger partial charge in [0.15, 0.2) is 0 Å². The molecule has 0 radical (unpaired) electrons. The van der Waals surface area contributed by atoms with Crippen molar-refractivity contribution in [1.29, 1.82) is 0 Å². The maximum Gasteiger partial charge on any atom is 0.335 e. The van der Waals surface area contributed by atoms with E-state index in [4.69, 9.17) is 9.84 Å². The van der Waals surface area contributed by atoms with Gasteiger partial charge in [-0.25, -0.2) is 4.79 Å². The first-order valence-electron chi connectivity index (χ1n) is 7.33. The number of benzene rings is 1. The lowest BCUT2D eigenvalue weighted by molar-refractivity contribution is 0.0697. The van der Waals surface area contributed by atoms with E-state index in [0.717, 1.165) is 19.3 Å². The zero-order chi connectivity index (χ0) is 15.2. The predicted molar refractivity (Wildman–Crippen MR) is 78.5 cm³/mol. The lowest BCUT2D eigenvalue weighted by Gasteiger charge is -2.20. The van der Waals surface area contributed by atoms with Gasteiger partial charge in [-0.2, -0.15) is 0 Å². The van der Waals surface area contributed by atoms with Gasteiger partial charge in [-0.1, -0.05) is 12.5 Å². The van der Waals surface area contributed by atoms with Crippen LogP contribution in [0.5, 0.6) is 0 Å². The Morgan fingerprint density at radius 1 is 1.33 bits per heavy atom. The Balaban J connectivity index is 2.00. The van der Waals surface area contributed by atoms with Crippen LogP contribution in [0.2, 0.25) is 0 Å². The van der Waals surface area contributed by atoms with Crippen molar-refractivity contribution in [2.24, 2.45) is 5.92 Å². The van der Waals surface area contributed by atoms with Crippen molar-refractivity contribution in [1.82, 2.24) is 5.32 Å². The first-order chi connectivity index (χ1) is 10.1. The van der Waals surface area contributed by atoms with Gasteiger partial charge in [0.2, 0.25) is 0 Å². The highest BCUT2D eigenvalue weighted by Crippen LogP contribution is 2.26. The molecule has 1 amide bonds. The van der Waals surface area contributed by atoms with Gasteiger partial charge >= 0.3 is 5.97 Å². The van der Waals surface area contributed by atoms with Gasteiger partial charge in [0.05, 0.1) is 12.2 Å². The van der Waals surface area contributed by atoms with Crippen LogP contribution in [0.25, 0.3) is 0 Å². The molecule has 0 aromatic heterocycles. The van der Waals surface area contributed by atoms with Crippen LogP contribution in [0.15, 0.2) is 24.3 Å². The average molecular weight is 291 g/mol. The number of carbonyl (C=O) groups is 2. The Bertz CT molecular complexity index is 515. The number of ether oxygens (including phenoxy) is 1. The summed E-state index contributed by atoms with van der Waals surface area (Å²) in [5.41, 5.74) is 0.511. The van der Waals surface area contributed by atoms with Crippen LogP contribution in [0.3, 0.4) is 0 Å². The third-order valence-corrected chi connectivity index (χ3v) is 3.88. The molecule has 0 heterocycles. The van der Waals surface area contributed by atoms with Gasteiger partial charge in [-0.15, -0.1) is 0 Å². The first kappa shape index (κ1) is 15.5. The molecule has 0 aliphatic heterocycles. The molecule has 1 aromatic carbocycles. The lowest BCUT2D eigenvalue weighted by atomic mass is 10.0. The second-order valence-electron chi connectivity index (χ2n) is 5.32. The molecule has 1 aromatic rings. The van der Waals surface area contributed by atoms with Gasteiger partial charge in [0, 0.05) is 24.1 Å². The summed E-state index contributed by atoms with van der Waals surface area (Å²) in [6.45, 7) is 3.30. The maximum atomic E-state index is 12.2. The molecule has 5 nitrogen and oxygen atoms in total. The Hall–Kier alpha value is -1.88. The molecule has 2 N–H and O–H groups in total. The van der Waals surface area contributed by atoms with Crippen molar-refractivity contribution >= 4 is 11.9 Å². The van der Waals surface area contributed by atoms with Crippen molar-refractivity contribution in [3.63, 3.8) is 0 Å². The molecular weight excluding hydrogens is 270 g/mol. The van der Waals surface area contributed by atoms with E-state index in [-0.39, 0.29) is 17.5 Å². The van der Waals surface area contributed by atoms with Crippen molar-refractivity contribution in [3.8, 4) is 0 Å². The molecule has 0 spiro atoms. The molecule has 1 fully saturated rings. The molecule has 0 bridgehead atoms. The molecule has 1 saturated carbocycles. The fraction of sp³-hybridized carbons (Fsp3) is 0.500. The third kappa shape index (κ3) is 4.04.